The van der Waals surface area contributed by atoms with Crippen molar-refractivity contribution in [1.82, 2.24) is 25.6 Å². The first-order chi connectivity index (χ1) is 11.2. The van der Waals surface area contributed by atoms with Gasteiger partial charge < -0.3 is 10.6 Å². The summed E-state index contributed by atoms with van der Waals surface area (Å²) < 4.78 is 1.95. The third-order valence-electron chi connectivity index (χ3n) is 5.09. The Hall–Kier alpha value is -0.790. The van der Waals surface area contributed by atoms with Crippen molar-refractivity contribution in [2.75, 3.05) is 19.3 Å². The van der Waals surface area contributed by atoms with Crippen LogP contribution in [0, 0.1) is 6.92 Å². The smallest absolute Gasteiger partial charge is 0.273 e. The van der Waals surface area contributed by atoms with E-state index in [9.17, 15) is 4.79 Å². The fraction of sp³-hybridized carbons (Fsp3) is 0.812. The van der Waals surface area contributed by atoms with Crippen molar-refractivity contribution in [2.45, 2.75) is 62.8 Å². The number of carbonyl (C=O) groups is 1. The molecule has 1 saturated heterocycles. The number of rotatable bonds is 4. The highest BCUT2D eigenvalue weighted by atomic mass is 35.5. The van der Waals surface area contributed by atoms with Crippen LogP contribution >= 0.6 is 24.2 Å². The number of piperidine rings is 1. The van der Waals surface area contributed by atoms with Crippen molar-refractivity contribution in [3.8, 4) is 0 Å². The molecule has 1 saturated carbocycles. The molecule has 0 radical (unpaired) electrons. The second-order valence-electron chi connectivity index (χ2n) is 6.64. The van der Waals surface area contributed by atoms with Gasteiger partial charge in [-0.25, -0.2) is 4.68 Å². The highest BCUT2D eigenvalue weighted by molar-refractivity contribution is 7.99. The maximum Gasteiger partial charge on any atom is 0.273 e. The van der Waals surface area contributed by atoms with E-state index in [0.717, 1.165) is 44.5 Å². The number of aromatic nitrogens is 3. The van der Waals surface area contributed by atoms with Gasteiger partial charge in [0.2, 0.25) is 0 Å². The van der Waals surface area contributed by atoms with Crippen molar-refractivity contribution < 1.29 is 4.79 Å². The van der Waals surface area contributed by atoms with E-state index < -0.39 is 0 Å². The van der Waals surface area contributed by atoms with Crippen LogP contribution in [0.3, 0.4) is 0 Å². The molecule has 1 aromatic rings. The van der Waals surface area contributed by atoms with Crippen molar-refractivity contribution in [2.24, 2.45) is 0 Å². The predicted octanol–water partition coefficient (Wildman–Crippen LogP) is 2.34. The van der Waals surface area contributed by atoms with Crippen LogP contribution < -0.4 is 10.6 Å². The molecule has 2 heterocycles. The predicted molar refractivity (Wildman–Crippen MR) is 100 cm³/mol. The Morgan fingerprint density at radius 2 is 2.04 bits per heavy atom. The highest BCUT2D eigenvalue weighted by Gasteiger charge is 2.26. The van der Waals surface area contributed by atoms with E-state index in [-0.39, 0.29) is 24.4 Å². The minimum absolute atomic E-state index is 0. The number of halogens is 1. The van der Waals surface area contributed by atoms with E-state index in [1.165, 1.54) is 12.8 Å². The summed E-state index contributed by atoms with van der Waals surface area (Å²) in [6.45, 7) is 3.97. The number of thioether (sulfide) groups is 1. The van der Waals surface area contributed by atoms with Gasteiger partial charge in [0.15, 0.2) is 5.69 Å². The van der Waals surface area contributed by atoms with Crippen LogP contribution in [-0.4, -0.2) is 51.5 Å². The molecule has 2 N–H and O–H groups in total. The highest BCUT2D eigenvalue weighted by Crippen LogP contribution is 2.27. The van der Waals surface area contributed by atoms with Crippen molar-refractivity contribution in [1.29, 1.82) is 0 Å². The molecule has 0 spiro atoms. The summed E-state index contributed by atoms with van der Waals surface area (Å²) in [5.41, 5.74) is 1.39. The number of amides is 1. The zero-order chi connectivity index (χ0) is 16.2. The zero-order valence-corrected chi connectivity index (χ0v) is 16.1. The number of nitrogens with zero attached hydrogens (tertiary/aromatic N) is 3. The summed E-state index contributed by atoms with van der Waals surface area (Å²) in [6.07, 6.45) is 8.84. The topological polar surface area (TPSA) is 71.8 Å². The van der Waals surface area contributed by atoms with E-state index in [0.29, 0.717) is 17.0 Å². The average molecular weight is 374 g/mol. The van der Waals surface area contributed by atoms with Gasteiger partial charge in [0.05, 0.1) is 11.7 Å². The number of nitrogens with one attached hydrogen (secondary N) is 2. The molecule has 1 amide bonds. The summed E-state index contributed by atoms with van der Waals surface area (Å²) in [5, 5.41) is 15.6. The van der Waals surface area contributed by atoms with Crippen LogP contribution in [0.25, 0.3) is 0 Å². The maximum absolute atomic E-state index is 12.6. The molecule has 2 aliphatic rings. The molecule has 1 aliphatic heterocycles. The van der Waals surface area contributed by atoms with E-state index in [4.69, 9.17) is 0 Å². The van der Waals surface area contributed by atoms with Crippen LogP contribution in [0.15, 0.2) is 0 Å². The quantitative estimate of drug-likeness (QED) is 0.847. The Morgan fingerprint density at radius 1 is 1.29 bits per heavy atom. The van der Waals surface area contributed by atoms with Crippen LogP contribution in [0.5, 0.6) is 0 Å². The monoisotopic (exact) mass is 373 g/mol. The van der Waals surface area contributed by atoms with Gasteiger partial charge in [-0.2, -0.15) is 11.8 Å². The van der Waals surface area contributed by atoms with E-state index in [1.807, 2.05) is 23.4 Å². The average Bonchev–Trinajstić information content (AvgIpc) is 2.97. The zero-order valence-electron chi connectivity index (χ0n) is 14.5. The van der Waals surface area contributed by atoms with Crippen molar-refractivity contribution in [3.63, 3.8) is 0 Å². The Balaban J connectivity index is 0.00000208. The second-order valence-corrected chi connectivity index (χ2v) is 7.78. The van der Waals surface area contributed by atoms with Crippen LogP contribution in [0.2, 0.25) is 0 Å². The molecule has 3 rings (SSSR count). The molecule has 2 fully saturated rings. The SMILES string of the molecule is CSC1CCCC(NC(=O)c2nnn(C3CCNCC3)c2C)C1.Cl. The third kappa shape index (κ3) is 4.43. The van der Waals surface area contributed by atoms with Gasteiger partial charge in [0, 0.05) is 11.3 Å². The van der Waals surface area contributed by atoms with Gasteiger partial charge in [0.25, 0.3) is 5.91 Å². The minimum Gasteiger partial charge on any atom is -0.348 e. The second kappa shape index (κ2) is 9.06. The number of hydrogen-bond acceptors (Lipinski definition) is 5. The van der Waals surface area contributed by atoms with Crippen molar-refractivity contribution in [3.05, 3.63) is 11.4 Å². The van der Waals surface area contributed by atoms with Crippen molar-refractivity contribution >= 4 is 30.1 Å². The van der Waals surface area contributed by atoms with Gasteiger partial charge >= 0.3 is 0 Å². The van der Waals surface area contributed by atoms with E-state index >= 15 is 0 Å². The molecule has 1 aromatic heterocycles. The first-order valence-electron chi connectivity index (χ1n) is 8.65. The fourth-order valence-electron chi connectivity index (χ4n) is 3.69. The number of carbonyl (C=O) groups excluding carboxylic acids is 1. The van der Waals surface area contributed by atoms with Gasteiger partial charge in [-0.15, -0.1) is 17.5 Å². The molecular weight excluding hydrogens is 346 g/mol. The Kier molecular flexibility index (Phi) is 7.37. The summed E-state index contributed by atoms with van der Waals surface area (Å²) in [6, 6.07) is 0.637. The number of hydrogen-bond donors (Lipinski definition) is 2. The van der Waals surface area contributed by atoms with Crippen LogP contribution in [0.1, 0.15) is 60.7 Å². The summed E-state index contributed by atoms with van der Waals surface area (Å²) in [4.78, 5) is 12.6. The lowest BCUT2D eigenvalue weighted by atomic mass is 9.95. The maximum atomic E-state index is 12.6. The largest absolute Gasteiger partial charge is 0.348 e. The molecule has 2 unspecified atom stereocenters. The molecule has 0 bridgehead atoms. The minimum atomic E-state index is -0.0607. The van der Waals surface area contributed by atoms with Gasteiger partial charge in [-0.3, -0.25) is 4.79 Å². The Labute approximate surface area is 154 Å². The van der Waals surface area contributed by atoms with Gasteiger partial charge in [-0.1, -0.05) is 11.6 Å². The Morgan fingerprint density at radius 3 is 2.75 bits per heavy atom. The summed E-state index contributed by atoms with van der Waals surface area (Å²) >= 11 is 1.91. The lowest BCUT2D eigenvalue weighted by molar-refractivity contribution is 0.0922. The summed E-state index contributed by atoms with van der Waals surface area (Å²) in [7, 11) is 0. The van der Waals surface area contributed by atoms with Crippen LogP contribution in [0.4, 0.5) is 0 Å². The molecular formula is C16H28ClN5OS. The molecule has 0 aromatic carbocycles. The fourth-order valence-corrected chi connectivity index (χ4v) is 4.52. The van der Waals surface area contributed by atoms with Gasteiger partial charge in [-0.05, 0) is 58.4 Å². The molecule has 136 valence electrons. The molecule has 6 nitrogen and oxygen atoms in total. The third-order valence-corrected chi connectivity index (χ3v) is 6.19. The molecule has 24 heavy (non-hydrogen) atoms. The van der Waals surface area contributed by atoms with E-state index in [2.05, 4.69) is 27.2 Å². The standard InChI is InChI=1S/C16H27N5OS.ClH/c1-11-15(19-20-21(11)13-6-8-17-9-7-13)16(22)18-12-4-3-5-14(10-12)23-2;/h12-14,17H,3-10H2,1-2H3,(H,18,22);1H. The van der Waals surface area contributed by atoms with E-state index in [1.54, 1.807) is 0 Å². The van der Waals surface area contributed by atoms with Gasteiger partial charge in [0.1, 0.15) is 0 Å². The molecule has 8 heteroatoms. The molecule has 1 aliphatic carbocycles. The van der Waals surface area contributed by atoms with Crippen LogP contribution in [-0.2, 0) is 0 Å². The summed E-state index contributed by atoms with van der Waals surface area (Å²) in [5.74, 6) is -0.0607. The first kappa shape index (κ1) is 19.5. The normalized spacial score (nSPS) is 25.1. The lowest BCUT2D eigenvalue weighted by Crippen LogP contribution is -2.39. The lowest BCUT2D eigenvalue weighted by Gasteiger charge is -2.28. The Bertz CT molecular complexity index is 547. The first-order valence-corrected chi connectivity index (χ1v) is 9.94. The molecule has 2 atom stereocenters.